The van der Waals surface area contributed by atoms with Crippen molar-refractivity contribution in [2.45, 2.75) is 30.6 Å². The van der Waals surface area contributed by atoms with E-state index >= 15 is 0 Å². The molecule has 0 bridgehead atoms. The van der Waals surface area contributed by atoms with Gasteiger partial charge in [-0.05, 0) is 64.7 Å². The first-order valence-electron chi connectivity index (χ1n) is 9.30. The molecule has 5 nitrogen and oxygen atoms in total. The van der Waals surface area contributed by atoms with E-state index in [1.54, 1.807) is 0 Å². The highest BCUT2D eigenvalue weighted by Gasteiger charge is 2.41. The van der Waals surface area contributed by atoms with Gasteiger partial charge < -0.3 is 9.29 Å². The third-order valence-electron chi connectivity index (χ3n) is 4.82. The Morgan fingerprint density at radius 2 is 1.78 bits per heavy atom. The van der Waals surface area contributed by atoms with Crippen molar-refractivity contribution in [1.82, 2.24) is 0 Å². The molecular formula is C21H21F4NO4S2. The van der Waals surface area contributed by atoms with Gasteiger partial charge in [-0.1, -0.05) is 18.2 Å². The molecule has 0 saturated carbocycles. The van der Waals surface area contributed by atoms with E-state index in [4.69, 9.17) is 23.0 Å². The van der Waals surface area contributed by atoms with E-state index in [9.17, 15) is 17.6 Å². The predicted molar refractivity (Wildman–Crippen MR) is 112 cm³/mol. The maximum Gasteiger partial charge on any atom is 0.485 e. The van der Waals surface area contributed by atoms with Gasteiger partial charge in [0.05, 0.1) is 30.8 Å². The smallest absolute Gasteiger partial charge is 0.485 e. The molecule has 174 valence electrons. The van der Waals surface area contributed by atoms with E-state index in [-0.39, 0.29) is 5.82 Å². The summed E-state index contributed by atoms with van der Waals surface area (Å²) < 4.78 is 78.6. The van der Waals surface area contributed by atoms with Gasteiger partial charge in [-0.15, -0.1) is 0 Å². The van der Waals surface area contributed by atoms with Gasteiger partial charge in [0.1, 0.15) is 17.2 Å². The lowest BCUT2D eigenvalue weighted by Gasteiger charge is -2.30. The predicted octanol–water partition coefficient (Wildman–Crippen LogP) is 4.18. The van der Waals surface area contributed by atoms with Crippen molar-refractivity contribution in [2.75, 3.05) is 18.3 Å². The molecule has 11 heteroatoms. The number of alkyl halides is 3. The van der Waals surface area contributed by atoms with Crippen LogP contribution in [0.3, 0.4) is 0 Å². The summed E-state index contributed by atoms with van der Waals surface area (Å²) in [4.78, 5) is 0. The molecule has 2 aromatic carbocycles. The van der Waals surface area contributed by atoms with E-state index in [0.717, 1.165) is 35.3 Å². The van der Waals surface area contributed by atoms with Gasteiger partial charge in [0.25, 0.3) is 0 Å². The number of hydrogen-bond donors (Lipinski definition) is 0. The summed E-state index contributed by atoms with van der Waals surface area (Å²) in [6, 6.07) is 14.6. The van der Waals surface area contributed by atoms with Crippen molar-refractivity contribution in [3.8, 4) is 6.07 Å². The Labute approximate surface area is 187 Å². The Hall–Kier alpha value is -2.13. The molecule has 0 spiro atoms. The molecule has 0 aliphatic carbocycles. The largest absolute Gasteiger partial charge is 0.741 e. The van der Waals surface area contributed by atoms with Gasteiger partial charge in [0.2, 0.25) is 0 Å². The summed E-state index contributed by atoms with van der Waals surface area (Å²) in [6.45, 7) is 0.492. The molecular weight excluding hydrogens is 470 g/mol. The number of benzene rings is 2. The molecule has 0 fully saturated rings. The van der Waals surface area contributed by atoms with Gasteiger partial charge in [0.15, 0.2) is 10.1 Å². The molecule has 1 aliphatic rings. The van der Waals surface area contributed by atoms with Gasteiger partial charge >= 0.3 is 5.51 Å². The SMILES string of the molecule is C[S+](C)CCC[C@@]1(c2ccc(F)cc2)OCc2cc(C#N)ccc21.O=S(=O)([O-])C(F)(F)F. The number of halogens is 4. The van der Waals surface area contributed by atoms with Crippen LogP contribution in [-0.4, -0.2) is 36.7 Å². The molecule has 0 radical (unpaired) electrons. The minimum absolute atomic E-state index is 0.240. The molecule has 0 N–H and O–H groups in total. The molecule has 0 saturated heterocycles. The maximum atomic E-state index is 13.4. The molecule has 32 heavy (non-hydrogen) atoms. The van der Waals surface area contributed by atoms with Crippen molar-refractivity contribution < 1.29 is 35.3 Å². The Bertz CT molecular complexity index is 1080. The van der Waals surface area contributed by atoms with Crippen molar-refractivity contribution in [3.05, 3.63) is 70.5 Å². The number of rotatable bonds is 5. The van der Waals surface area contributed by atoms with Crippen LogP contribution in [0.25, 0.3) is 0 Å². The zero-order valence-corrected chi connectivity index (χ0v) is 18.9. The minimum atomic E-state index is -6.09. The van der Waals surface area contributed by atoms with Crippen molar-refractivity contribution in [2.24, 2.45) is 0 Å². The standard InChI is InChI=1S/C20H21FNOS.CHF3O3S/c1-24(2)11-3-10-20(17-5-7-18(21)8-6-17)19-9-4-15(13-22)12-16(19)14-23-20;2-1(3,4)8(5,6)7/h4-9,12H,3,10-11,14H2,1-2H3;(H,5,6,7)/q+1;/p-1/t20-;/m0./s1. The lowest BCUT2D eigenvalue weighted by molar-refractivity contribution is -0.0517. The number of nitriles is 1. The normalized spacial score (nSPS) is 18.0. The Morgan fingerprint density at radius 1 is 1.19 bits per heavy atom. The Kier molecular flexibility index (Phi) is 8.33. The molecule has 1 atom stereocenters. The van der Waals surface area contributed by atoms with Crippen LogP contribution in [0.2, 0.25) is 0 Å². The zero-order chi connectivity index (χ0) is 24.2. The van der Waals surface area contributed by atoms with Gasteiger partial charge in [-0.25, -0.2) is 12.8 Å². The topological polar surface area (TPSA) is 90.2 Å². The summed E-state index contributed by atoms with van der Waals surface area (Å²) in [5.74, 6) is 0.911. The quantitative estimate of drug-likeness (QED) is 0.271. The fourth-order valence-corrected chi connectivity index (χ4v) is 4.10. The third-order valence-corrected chi connectivity index (χ3v) is 6.49. The molecule has 0 amide bonds. The molecule has 1 aliphatic heterocycles. The molecule has 0 unspecified atom stereocenters. The van der Waals surface area contributed by atoms with E-state index < -0.39 is 21.2 Å². The van der Waals surface area contributed by atoms with Gasteiger partial charge in [-0.3, -0.25) is 0 Å². The summed E-state index contributed by atoms with van der Waals surface area (Å²) in [5.41, 5.74) is -2.37. The average molecular weight is 492 g/mol. The van der Waals surface area contributed by atoms with E-state index in [0.29, 0.717) is 23.1 Å². The van der Waals surface area contributed by atoms with E-state index in [2.05, 4.69) is 18.6 Å². The first-order chi connectivity index (χ1) is 14.8. The molecule has 2 aromatic rings. The fourth-order valence-electron chi connectivity index (χ4n) is 3.37. The van der Waals surface area contributed by atoms with Crippen LogP contribution in [0.15, 0.2) is 42.5 Å². The number of fused-ring (bicyclic) bond motifs is 1. The monoisotopic (exact) mass is 491 g/mol. The van der Waals surface area contributed by atoms with Crippen molar-refractivity contribution in [3.63, 3.8) is 0 Å². The lowest BCUT2D eigenvalue weighted by atomic mass is 9.82. The average Bonchev–Trinajstić information content (AvgIpc) is 3.06. The van der Waals surface area contributed by atoms with Gasteiger partial charge in [0, 0.05) is 0 Å². The van der Waals surface area contributed by atoms with Gasteiger partial charge in [-0.2, -0.15) is 18.4 Å². The second-order valence-electron chi connectivity index (χ2n) is 7.30. The summed E-state index contributed by atoms with van der Waals surface area (Å²) in [6.07, 6.45) is 6.40. The van der Waals surface area contributed by atoms with E-state index in [1.165, 1.54) is 12.1 Å². The molecule has 0 aromatic heterocycles. The highest BCUT2D eigenvalue weighted by molar-refractivity contribution is 7.95. The second-order valence-corrected chi connectivity index (χ2v) is 11.1. The zero-order valence-electron chi connectivity index (χ0n) is 17.3. The lowest BCUT2D eigenvalue weighted by Crippen LogP contribution is -2.28. The van der Waals surface area contributed by atoms with Crippen LogP contribution in [-0.2, 0) is 38.0 Å². The van der Waals surface area contributed by atoms with Crippen LogP contribution in [0.1, 0.15) is 35.1 Å². The summed E-state index contributed by atoms with van der Waals surface area (Å²) in [5, 5.41) is 9.12. The van der Waals surface area contributed by atoms with Crippen molar-refractivity contribution >= 4 is 21.0 Å². The summed E-state index contributed by atoms with van der Waals surface area (Å²) in [7, 11) is -5.71. The number of ether oxygens (including phenoxy) is 1. The second kappa shape index (κ2) is 10.2. The number of nitrogens with zero attached hydrogens (tertiary/aromatic N) is 1. The highest BCUT2D eigenvalue weighted by Crippen LogP contribution is 2.45. The van der Waals surface area contributed by atoms with Crippen LogP contribution in [0.4, 0.5) is 17.6 Å². The third kappa shape index (κ3) is 6.22. The van der Waals surface area contributed by atoms with Crippen LogP contribution in [0, 0.1) is 17.1 Å². The fraction of sp³-hybridized carbons (Fsp3) is 0.381. The first-order valence-corrected chi connectivity index (χ1v) is 12.9. The maximum absolute atomic E-state index is 13.4. The highest BCUT2D eigenvalue weighted by atomic mass is 32.2. The van der Waals surface area contributed by atoms with E-state index in [1.807, 2.05) is 30.3 Å². The minimum Gasteiger partial charge on any atom is -0.741 e. The molecule has 3 rings (SSSR count). The first kappa shape index (κ1) is 26.1. The van der Waals surface area contributed by atoms with Crippen LogP contribution in [0.5, 0.6) is 0 Å². The Balaban J connectivity index is 0.000000390. The number of hydrogen-bond acceptors (Lipinski definition) is 5. The Morgan fingerprint density at radius 3 is 2.28 bits per heavy atom. The van der Waals surface area contributed by atoms with Crippen LogP contribution < -0.4 is 0 Å². The molecule has 1 heterocycles. The van der Waals surface area contributed by atoms with Crippen LogP contribution >= 0.6 is 0 Å². The van der Waals surface area contributed by atoms with Crippen molar-refractivity contribution in [1.29, 1.82) is 5.26 Å². The summed E-state index contributed by atoms with van der Waals surface area (Å²) >= 11 is 0.